The van der Waals surface area contributed by atoms with Crippen molar-refractivity contribution in [3.05, 3.63) is 21.5 Å². The van der Waals surface area contributed by atoms with Crippen LogP contribution in [0.2, 0.25) is 0 Å². The van der Waals surface area contributed by atoms with E-state index in [9.17, 15) is 4.79 Å². The van der Waals surface area contributed by atoms with Crippen molar-refractivity contribution in [3.63, 3.8) is 0 Å². The molecule has 10 heavy (non-hydrogen) atoms. The van der Waals surface area contributed by atoms with Gasteiger partial charge in [-0.2, -0.15) is 0 Å². The van der Waals surface area contributed by atoms with E-state index in [-0.39, 0.29) is 5.91 Å². The van der Waals surface area contributed by atoms with Gasteiger partial charge in [0.15, 0.2) is 0 Å². The Hall–Kier alpha value is -0.560. The van der Waals surface area contributed by atoms with E-state index in [2.05, 4.69) is 27.6 Å². The molecule has 0 bridgehead atoms. The number of carbonyl (C=O) groups excluding carboxylic acids is 1. The fraction of sp³-hybridized carbons (Fsp3) is 0. The van der Waals surface area contributed by atoms with Gasteiger partial charge in [-0.1, -0.05) is 0 Å². The van der Waals surface area contributed by atoms with Crippen molar-refractivity contribution in [1.29, 1.82) is 0 Å². The topological polar surface area (TPSA) is 70.9 Å². The number of hydrazine groups is 1. The predicted molar refractivity (Wildman–Crippen MR) is 45.2 cm³/mol. The van der Waals surface area contributed by atoms with Crippen LogP contribution in [0, 0.1) is 3.57 Å². The summed E-state index contributed by atoms with van der Waals surface area (Å²) < 4.78 is 0.983. The summed E-state index contributed by atoms with van der Waals surface area (Å²) in [5, 5.41) is 0. The van der Waals surface area contributed by atoms with Crippen LogP contribution in [0.5, 0.6) is 0 Å². The number of aromatic nitrogens is 1. The number of nitrogens with one attached hydrogen (secondary N) is 2. The zero-order valence-electron chi connectivity index (χ0n) is 5.02. The SMILES string of the molecule is NNC(=O)c1cc(I)c[nH]1. The first-order valence-corrected chi connectivity index (χ1v) is 3.67. The maximum Gasteiger partial charge on any atom is 0.281 e. The third-order valence-corrected chi connectivity index (χ3v) is 1.65. The summed E-state index contributed by atoms with van der Waals surface area (Å²) in [6.45, 7) is 0. The molecular weight excluding hydrogens is 245 g/mol. The molecule has 0 aliphatic heterocycles. The number of aromatic amines is 1. The molecule has 0 fully saturated rings. The fourth-order valence-electron chi connectivity index (χ4n) is 0.577. The van der Waals surface area contributed by atoms with Gasteiger partial charge in [0.25, 0.3) is 5.91 Å². The lowest BCUT2D eigenvalue weighted by molar-refractivity contribution is 0.0949. The summed E-state index contributed by atoms with van der Waals surface area (Å²) in [6, 6.07) is 1.71. The monoisotopic (exact) mass is 251 g/mol. The van der Waals surface area contributed by atoms with E-state index in [1.807, 2.05) is 5.43 Å². The Morgan fingerprint density at radius 1 is 1.80 bits per heavy atom. The number of rotatable bonds is 1. The molecule has 4 N–H and O–H groups in total. The summed E-state index contributed by atoms with van der Waals surface area (Å²) in [7, 11) is 0. The third kappa shape index (κ3) is 1.48. The number of nitrogen functional groups attached to an aromatic ring is 1. The summed E-state index contributed by atoms with van der Waals surface area (Å²) in [6.07, 6.45) is 1.73. The van der Waals surface area contributed by atoms with Gasteiger partial charge in [0, 0.05) is 9.77 Å². The third-order valence-electron chi connectivity index (χ3n) is 1.02. The van der Waals surface area contributed by atoms with Gasteiger partial charge < -0.3 is 4.98 Å². The van der Waals surface area contributed by atoms with Crippen LogP contribution in [0.25, 0.3) is 0 Å². The maximum atomic E-state index is 10.8. The first-order chi connectivity index (χ1) is 4.74. The summed E-state index contributed by atoms with van der Waals surface area (Å²) in [4.78, 5) is 13.5. The molecule has 1 aromatic rings. The van der Waals surface area contributed by atoms with E-state index in [1.165, 1.54) is 0 Å². The molecule has 0 atom stereocenters. The van der Waals surface area contributed by atoms with Crippen LogP contribution in [0.3, 0.4) is 0 Å². The Morgan fingerprint density at radius 2 is 2.50 bits per heavy atom. The molecule has 0 spiro atoms. The van der Waals surface area contributed by atoms with Gasteiger partial charge in [-0.3, -0.25) is 10.2 Å². The van der Waals surface area contributed by atoms with Crippen LogP contribution in [0.15, 0.2) is 12.3 Å². The van der Waals surface area contributed by atoms with Crippen LogP contribution >= 0.6 is 22.6 Å². The Kier molecular flexibility index (Phi) is 2.28. The lowest BCUT2D eigenvalue weighted by Gasteiger charge is -1.91. The summed E-state index contributed by atoms with van der Waals surface area (Å²) in [5.41, 5.74) is 2.50. The first kappa shape index (κ1) is 7.55. The maximum absolute atomic E-state index is 10.8. The normalized spacial score (nSPS) is 9.40. The molecule has 54 valence electrons. The number of hydrogen-bond donors (Lipinski definition) is 3. The van der Waals surface area contributed by atoms with Crippen LogP contribution in [0.4, 0.5) is 0 Å². The lowest BCUT2D eigenvalue weighted by atomic mass is 10.4. The Labute approximate surface area is 71.3 Å². The van der Waals surface area contributed by atoms with Crippen molar-refractivity contribution >= 4 is 28.5 Å². The zero-order valence-corrected chi connectivity index (χ0v) is 7.18. The van der Waals surface area contributed by atoms with Crippen LogP contribution in [-0.4, -0.2) is 10.9 Å². The molecule has 0 saturated carbocycles. The van der Waals surface area contributed by atoms with E-state index < -0.39 is 0 Å². The Morgan fingerprint density at radius 3 is 2.90 bits per heavy atom. The van der Waals surface area contributed by atoms with E-state index in [0.29, 0.717) is 5.69 Å². The van der Waals surface area contributed by atoms with E-state index >= 15 is 0 Å². The van der Waals surface area contributed by atoms with Gasteiger partial charge in [0.1, 0.15) is 5.69 Å². The largest absolute Gasteiger partial charge is 0.356 e. The summed E-state index contributed by atoms with van der Waals surface area (Å²) in [5.74, 6) is 4.59. The molecule has 1 aromatic heterocycles. The minimum atomic E-state index is -0.303. The van der Waals surface area contributed by atoms with Gasteiger partial charge in [-0.15, -0.1) is 0 Å². The van der Waals surface area contributed by atoms with Crippen molar-refractivity contribution in [1.82, 2.24) is 10.4 Å². The number of H-pyrrole nitrogens is 1. The molecule has 1 amide bonds. The van der Waals surface area contributed by atoms with Crippen molar-refractivity contribution in [2.75, 3.05) is 0 Å². The van der Waals surface area contributed by atoms with Gasteiger partial charge in [-0.25, -0.2) is 5.84 Å². The molecule has 0 aromatic carbocycles. The van der Waals surface area contributed by atoms with Crippen LogP contribution in [0.1, 0.15) is 10.5 Å². The quantitative estimate of drug-likeness (QED) is 0.289. The van der Waals surface area contributed by atoms with Gasteiger partial charge in [0.05, 0.1) is 0 Å². The van der Waals surface area contributed by atoms with E-state index in [0.717, 1.165) is 3.57 Å². The highest BCUT2D eigenvalue weighted by molar-refractivity contribution is 14.1. The number of nitrogens with two attached hydrogens (primary N) is 1. The Bertz CT molecular complexity index is 245. The highest BCUT2D eigenvalue weighted by atomic mass is 127. The lowest BCUT2D eigenvalue weighted by Crippen LogP contribution is -2.30. The minimum absolute atomic E-state index is 0.303. The summed E-state index contributed by atoms with van der Waals surface area (Å²) >= 11 is 2.10. The molecular formula is C5H6IN3O. The van der Waals surface area contributed by atoms with Crippen molar-refractivity contribution < 1.29 is 4.79 Å². The average molecular weight is 251 g/mol. The molecule has 5 heteroatoms. The average Bonchev–Trinajstić information content (AvgIpc) is 2.34. The van der Waals surface area contributed by atoms with Crippen LogP contribution in [-0.2, 0) is 0 Å². The smallest absolute Gasteiger partial charge is 0.281 e. The van der Waals surface area contributed by atoms with E-state index in [4.69, 9.17) is 5.84 Å². The van der Waals surface area contributed by atoms with Gasteiger partial charge in [0.2, 0.25) is 0 Å². The first-order valence-electron chi connectivity index (χ1n) is 2.59. The predicted octanol–water partition coefficient (Wildman–Crippen LogP) is 0.223. The second-order valence-corrected chi connectivity index (χ2v) is 2.95. The zero-order chi connectivity index (χ0) is 7.56. The second-order valence-electron chi connectivity index (χ2n) is 1.71. The molecule has 0 unspecified atom stereocenters. The molecule has 0 radical (unpaired) electrons. The molecule has 0 saturated heterocycles. The minimum Gasteiger partial charge on any atom is -0.356 e. The highest BCUT2D eigenvalue weighted by Crippen LogP contribution is 2.05. The van der Waals surface area contributed by atoms with Crippen molar-refractivity contribution in [2.45, 2.75) is 0 Å². The second kappa shape index (κ2) is 3.02. The van der Waals surface area contributed by atoms with Gasteiger partial charge >= 0.3 is 0 Å². The number of amides is 1. The van der Waals surface area contributed by atoms with Crippen LogP contribution < -0.4 is 11.3 Å². The molecule has 1 heterocycles. The number of halogens is 1. The van der Waals surface area contributed by atoms with Crippen molar-refractivity contribution in [3.8, 4) is 0 Å². The van der Waals surface area contributed by atoms with E-state index in [1.54, 1.807) is 12.3 Å². The number of hydrogen-bond acceptors (Lipinski definition) is 2. The highest BCUT2D eigenvalue weighted by Gasteiger charge is 2.03. The molecule has 0 aliphatic carbocycles. The van der Waals surface area contributed by atoms with Gasteiger partial charge in [-0.05, 0) is 28.7 Å². The fourth-order valence-corrected chi connectivity index (χ4v) is 1.04. The number of carbonyl (C=O) groups is 1. The Balaban J connectivity index is 2.85. The standard InChI is InChI=1S/C5H6IN3O/c6-3-1-4(8-2-3)5(10)9-7/h1-2,8H,7H2,(H,9,10). The molecule has 1 rings (SSSR count). The molecule has 0 aliphatic rings. The molecule has 4 nitrogen and oxygen atoms in total. The van der Waals surface area contributed by atoms with Crippen molar-refractivity contribution in [2.24, 2.45) is 5.84 Å².